The van der Waals surface area contributed by atoms with Crippen molar-refractivity contribution < 1.29 is 9.47 Å². The van der Waals surface area contributed by atoms with Gasteiger partial charge in [0.1, 0.15) is 12.0 Å². The SMILES string of the molecule is CCOc1ccccc1C1OCCN1Cc1ccccc1Cl. The molecule has 1 heterocycles. The summed E-state index contributed by atoms with van der Waals surface area (Å²) in [6.45, 7) is 5.01. The van der Waals surface area contributed by atoms with Crippen molar-refractivity contribution in [2.24, 2.45) is 0 Å². The molecule has 0 aliphatic carbocycles. The fourth-order valence-corrected chi connectivity index (χ4v) is 2.97. The molecule has 0 saturated carbocycles. The summed E-state index contributed by atoms with van der Waals surface area (Å²) < 4.78 is 11.7. The van der Waals surface area contributed by atoms with Crippen LogP contribution in [0.15, 0.2) is 48.5 Å². The van der Waals surface area contributed by atoms with Gasteiger partial charge in [-0.1, -0.05) is 48.0 Å². The van der Waals surface area contributed by atoms with Gasteiger partial charge in [0.05, 0.1) is 13.2 Å². The van der Waals surface area contributed by atoms with Crippen molar-refractivity contribution in [1.29, 1.82) is 0 Å². The fraction of sp³-hybridized carbons (Fsp3) is 0.333. The third-order valence-corrected chi connectivity index (χ3v) is 4.17. The molecule has 0 amide bonds. The quantitative estimate of drug-likeness (QED) is 0.822. The highest BCUT2D eigenvalue weighted by Crippen LogP contribution is 2.35. The summed E-state index contributed by atoms with van der Waals surface area (Å²) in [7, 11) is 0. The van der Waals surface area contributed by atoms with E-state index < -0.39 is 0 Å². The molecule has 22 heavy (non-hydrogen) atoms. The third-order valence-electron chi connectivity index (χ3n) is 3.80. The molecule has 1 fully saturated rings. The lowest BCUT2D eigenvalue weighted by Gasteiger charge is -2.25. The molecule has 0 aromatic heterocycles. The second kappa shape index (κ2) is 7.14. The zero-order chi connectivity index (χ0) is 15.4. The number of benzene rings is 2. The lowest BCUT2D eigenvalue weighted by molar-refractivity contribution is 0.0265. The Bertz CT molecular complexity index is 632. The summed E-state index contributed by atoms with van der Waals surface area (Å²) in [4.78, 5) is 2.29. The van der Waals surface area contributed by atoms with E-state index in [9.17, 15) is 0 Å². The average molecular weight is 318 g/mol. The van der Waals surface area contributed by atoms with Gasteiger partial charge in [-0.25, -0.2) is 0 Å². The molecule has 0 N–H and O–H groups in total. The standard InChI is InChI=1S/C18H20ClNO2/c1-2-21-17-10-6-4-8-15(17)18-20(11-12-22-18)13-14-7-3-5-9-16(14)19/h3-10,18H,2,11-13H2,1H3. The largest absolute Gasteiger partial charge is 0.493 e. The van der Waals surface area contributed by atoms with Crippen molar-refractivity contribution in [2.45, 2.75) is 19.7 Å². The molecule has 3 nitrogen and oxygen atoms in total. The van der Waals surface area contributed by atoms with E-state index in [1.807, 2.05) is 43.3 Å². The molecular formula is C18H20ClNO2. The minimum absolute atomic E-state index is 0.0842. The van der Waals surface area contributed by atoms with Crippen LogP contribution in [-0.2, 0) is 11.3 Å². The first kappa shape index (κ1) is 15.3. The molecule has 1 saturated heterocycles. The van der Waals surface area contributed by atoms with E-state index in [1.54, 1.807) is 0 Å². The topological polar surface area (TPSA) is 21.7 Å². The van der Waals surface area contributed by atoms with Gasteiger partial charge in [-0.15, -0.1) is 0 Å². The Morgan fingerprint density at radius 1 is 1.18 bits per heavy atom. The van der Waals surface area contributed by atoms with Gasteiger partial charge in [-0.3, -0.25) is 4.90 Å². The molecule has 3 rings (SSSR count). The van der Waals surface area contributed by atoms with Crippen LogP contribution in [0.1, 0.15) is 24.3 Å². The second-order valence-corrected chi connectivity index (χ2v) is 5.66. The van der Waals surface area contributed by atoms with Gasteiger partial charge in [0, 0.05) is 23.7 Å². The minimum Gasteiger partial charge on any atom is -0.493 e. The molecule has 1 aliphatic heterocycles. The van der Waals surface area contributed by atoms with E-state index in [-0.39, 0.29) is 6.23 Å². The number of rotatable bonds is 5. The van der Waals surface area contributed by atoms with Crippen molar-refractivity contribution in [3.05, 3.63) is 64.7 Å². The zero-order valence-electron chi connectivity index (χ0n) is 12.7. The monoisotopic (exact) mass is 317 g/mol. The molecule has 4 heteroatoms. The van der Waals surface area contributed by atoms with E-state index in [1.165, 1.54) is 0 Å². The van der Waals surface area contributed by atoms with Crippen LogP contribution in [0.3, 0.4) is 0 Å². The number of ether oxygens (including phenoxy) is 2. The zero-order valence-corrected chi connectivity index (χ0v) is 13.4. The maximum absolute atomic E-state index is 6.29. The highest BCUT2D eigenvalue weighted by molar-refractivity contribution is 6.31. The van der Waals surface area contributed by atoms with Gasteiger partial charge in [-0.2, -0.15) is 0 Å². The Hall–Kier alpha value is -1.55. The molecule has 0 bridgehead atoms. The molecule has 2 aromatic carbocycles. The predicted molar refractivity (Wildman–Crippen MR) is 88.2 cm³/mol. The number of para-hydroxylation sites is 1. The van der Waals surface area contributed by atoms with Crippen molar-refractivity contribution in [2.75, 3.05) is 19.8 Å². The van der Waals surface area contributed by atoms with Crippen LogP contribution in [0.5, 0.6) is 5.75 Å². The number of halogens is 1. The van der Waals surface area contributed by atoms with Gasteiger partial charge in [0.2, 0.25) is 0 Å². The molecular weight excluding hydrogens is 298 g/mol. The lowest BCUT2D eigenvalue weighted by Crippen LogP contribution is -2.24. The molecule has 2 aromatic rings. The van der Waals surface area contributed by atoms with Crippen LogP contribution in [-0.4, -0.2) is 24.7 Å². The van der Waals surface area contributed by atoms with E-state index in [2.05, 4.69) is 17.0 Å². The van der Waals surface area contributed by atoms with Crippen molar-refractivity contribution in [1.82, 2.24) is 4.90 Å². The number of hydrogen-bond acceptors (Lipinski definition) is 3. The maximum Gasteiger partial charge on any atom is 0.140 e. The van der Waals surface area contributed by atoms with Gasteiger partial charge in [0.25, 0.3) is 0 Å². The molecule has 1 atom stereocenters. The minimum atomic E-state index is -0.0842. The Morgan fingerprint density at radius 2 is 1.95 bits per heavy atom. The van der Waals surface area contributed by atoms with E-state index in [0.717, 1.165) is 41.6 Å². The summed E-state index contributed by atoms with van der Waals surface area (Å²) in [6.07, 6.45) is -0.0842. The summed E-state index contributed by atoms with van der Waals surface area (Å²) in [5, 5.41) is 0.797. The van der Waals surface area contributed by atoms with Crippen LogP contribution < -0.4 is 4.74 Å². The van der Waals surface area contributed by atoms with Crippen molar-refractivity contribution >= 4 is 11.6 Å². The lowest BCUT2D eigenvalue weighted by atomic mass is 10.1. The average Bonchev–Trinajstić information content (AvgIpc) is 2.98. The Labute approximate surface area is 136 Å². The molecule has 1 aliphatic rings. The van der Waals surface area contributed by atoms with E-state index in [4.69, 9.17) is 21.1 Å². The van der Waals surface area contributed by atoms with Crippen LogP contribution in [0, 0.1) is 0 Å². The van der Waals surface area contributed by atoms with Crippen LogP contribution in [0.25, 0.3) is 0 Å². The Morgan fingerprint density at radius 3 is 2.77 bits per heavy atom. The Balaban J connectivity index is 1.83. The molecule has 116 valence electrons. The van der Waals surface area contributed by atoms with Crippen LogP contribution in [0.4, 0.5) is 0 Å². The maximum atomic E-state index is 6.29. The van der Waals surface area contributed by atoms with Gasteiger partial charge in [-0.05, 0) is 24.6 Å². The Kier molecular flexibility index (Phi) is 4.98. The second-order valence-electron chi connectivity index (χ2n) is 5.26. The first-order valence-electron chi connectivity index (χ1n) is 7.60. The van der Waals surface area contributed by atoms with Crippen molar-refractivity contribution in [3.63, 3.8) is 0 Å². The summed E-state index contributed by atoms with van der Waals surface area (Å²) in [5.41, 5.74) is 2.20. The van der Waals surface area contributed by atoms with Crippen LogP contribution in [0.2, 0.25) is 5.02 Å². The predicted octanol–water partition coefficient (Wildman–Crippen LogP) is 4.27. The fourth-order valence-electron chi connectivity index (χ4n) is 2.77. The number of nitrogens with zero attached hydrogens (tertiary/aromatic N) is 1. The van der Waals surface area contributed by atoms with Crippen LogP contribution >= 0.6 is 11.6 Å². The molecule has 0 radical (unpaired) electrons. The van der Waals surface area contributed by atoms with E-state index in [0.29, 0.717) is 6.61 Å². The first-order valence-corrected chi connectivity index (χ1v) is 7.98. The van der Waals surface area contributed by atoms with Gasteiger partial charge < -0.3 is 9.47 Å². The highest BCUT2D eigenvalue weighted by Gasteiger charge is 2.29. The van der Waals surface area contributed by atoms with Gasteiger partial charge >= 0.3 is 0 Å². The highest BCUT2D eigenvalue weighted by atomic mass is 35.5. The normalized spacial score (nSPS) is 18.5. The summed E-state index contributed by atoms with van der Waals surface area (Å²) in [6, 6.07) is 16.0. The summed E-state index contributed by atoms with van der Waals surface area (Å²) in [5.74, 6) is 0.890. The number of hydrogen-bond donors (Lipinski definition) is 0. The van der Waals surface area contributed by atoms with Gasteiger partial charge in [0.15, 0.2) is 0 Å². The van der Waals surface area contributed by atoms with E-state index >= 15 is 0 Å². The third kappa shape index (κ3) is 3.27. The molecule has 0 spiro atoms. The first-order chi connectivity index (χ1) is 10.8. The smallest absolute Gasteiger partial charge is 0.140 e. The summed E-state index contributed by atoms with van der Waals surface area (Å²) >= 11 is 6.29. The molecule has 1 unspecified atom stereocenters. The van der Waals surface area contributed by atoms with Crippen molar-refractivity contribution in [3.8, 4) is 5.75 Å².